The van der Waals surface area contributed by atoms with Gasteiger partial charge in [0.25, 0.3) is 0 Å². The summed E-state index contributed by atoms with van der Waals surface area (Å²) >= 11 is 0. The van der Waals surface area contributed by atoms with Gasteiger partial charge in [0.05, 0.1) is 13.2 Å². The maximum Gasteiger partial charge on any atom is 0.198 e. The van der Waals surface area contributed by atoms with E-state index in [4.69, 9.17) is 9.47 Å². The van der Waals surface area contributed by atoms with E-state index < -0.39 is 11.9 Å². The summed E-state index contributed by atoms with van der Waals surface area (Å²) in [5.74, 6) is -0.879. The fourth-order valence-corrected chi connectivity index (χ4v) is 1.45. The summed E-state index contributed by atoms with van der Waals surface area (Å²) < 4.78 is 10.8. The number of hydrogen-bond donors (Lipinski definition) is 1. The lowest BCUT2D eigenvalue weighted by Crippen LogP contribution is -2.43. The van der Waals surface area contributed by atoms with Crippen LogP contribution in [-0.4, -0.2) is 30.2 Å². The summed E-state index contributed by atoms with van der Waals surface area (Å²) in [6.07, 6.45) is 3.92. The molecule has 0 aromatic rings. The molecule has 1 unspecified atom stereocenters. The molecule has 1 aliphatic rings. The SMILES string of the molecule is C=CCOC1([C@@H](O)C=C)CCCO1. The summed E-state index contributed by atoms with van der Waals surface area (Å²) in [6.45, 7) is 8.08. The largest absolute Gasteiger partial charge is 0.383 e. The molecule has 1 rings (SSSR count). The second kappa shape index (κ2) is 4.56. The Bertz CT molecular complexity index is 183. The lowest BCUT2D eigenvalue weighted by Gasteiger charge is -2.31. The molecule has 1 saturated heterocycles. The zero-order valence-electron chi connectivity index (χ0n) is 7.74. The third kappa shape index (κ3) is 2.18. The van der Waals surface area contributed by atoms with Crippen LogP contribution in [-0.2, 0) is 9.47 Å². The van der Waals surface area contributed by atoms with Crippen molar-refractivity contribution < 1.29 is 14.6 Å². The van der Waals surface area contributed by atoms with E-state index in [1.807, 2.05) is 0 Å². The highest BCUT2D eigenvalue weighted by atomic mass is 16.7. The first-order chi connectivity index (χ1) is 6.25. The van der Waals surface area contributed by atoms with Gasteiger partial charge in [-0.2, -0.15) is 0 Å². The smallest absolute Gasteiger partial charge is 0.198 e. The molecule has 0 aromatic carbocycles. The monoisotopic (exact) mass is 184 g/mol. The molecule has 13 heavy (non-hydrogen) atoms. The van der Waals surface area contributed by atoms with E-state index >= 15 is 0 Å². The Balaban J connectivity index is 2.61. The van der Waals surface area contributed by atoms with Crippen LogP contribution in [0.3, 0.4) is 0 Å². The van der Waals surface area contributed by atoms with Crippen molar-refractivity contribution in [2.24, 2.45) is 0 Å². The zero-order valence-corrected chi connectivity index (χ0v) is 7.74. The molecule has 0 saturated carbocycles. The van der Waals surface area contributed by atoms with Gasteiger partial charge in [0, 0.05) is 6.42 Å². The molecule has 0 spiro atoms. The second-order valence-electron chi connectivity index (χ2n) is 3.04. The molecule has 1 fully saturated rings. The van der Waals surface area contributed by atoms with E-state index in [0.717, 1.165) is 6.42 Å². The van der Waals surface area contributed by atoms with E-state index in [-0.39, 0.29) is 0 Å². The van der Waals surface area contributed by atoms with E-state index in [0.29, 0.717) is 19.6 Å². The quantitative estimate of drug-likeness (QED) is 0.653. The molecule has 0 aliphatic carbocycles. The van der Waals surface area contributed by atoms with Crippen LogP contribution in [0.25, 0.3) is 0 Å². The lowest BCUT2D eigenvalue weighted by molar-refractivity contribution is -0.243. The lowest BCUT2D eigenvalue weighted by atomic mass is 10.1. The highest BCUT2D eigenvalue weighted by molar-refractivity contribution is 4.94. The van der Waals surface area contributed by atoms with E-state index in [1.165, 1.54) is 6.08 Å². The van der Waals surface area contributed by atoms with Crippen molar-refractivity contribution in [3.05, 3.63) is 25.3 Å². The predicted octanol–water partition coefficient (Wildman–Crippen LogP) is 1.24. The van der Waals surface area contributed by atoms with Crippen LogP contribution in [0.15, 0.2) is 25.3 Å². The van der Waals surface area contributed by atoms with Crippen LogP contribution in [0.2, 0.25) is 0 Å². The number of aliphatic hydroxyl groups excluding tert-OH is 1. The number of rotatable bonds is 5. The summed E-state index contributed by atoms with van der Waals surface area (Å²) in [7, 11) is 0. The van der Waals surface area contributed by atoms with Crippen molar-refractivity contribution in [1.82, 2.24) is 0 Å². The van der Waals surface area contributed by atoms with Gasteiger partial charge in [0.15, 0.2) is 5.79 Å². The maximum absolute atomic E-state index is 9.63. The minimum absolute atomic E-state index is 0.380. The molecule has 0 amide bonds. The van der Waals surface area contributed by atoms with Gasteiger partial charge in [-0.25, -0.2) is 0 Å². The summed E-state index contributed by atoms with van der Waals surface area (Å²) in [5, 5.41) is 9.63. The third-order valence-electron chi connectivity index (χ3n) is 2.14. The second-order valence-corrected chi connectivity index (χ2v) is 3.04. The topological polar surface area (TPSA) is 38.7 Å². The molecule has 3 nitrogen and oxygen atoms in total. The Morgan fingerprint density at radius 3 is 2.85 bits per heavy atom. The number of aliphatic hydroxyl groups is 1. The fraction of sp³-hybridized carbons (Fsp3) is 0.600. The Kier molecular flexibility index (Phi) is 3.66. The van der Waals surface area contributed by atoms with Crippen molar-refractivity contribution >= 4 is 0 Å². The standard InChI is InChI=1S/C10H16O3/c1-3-7-12-10(9(11)4-2)6-5-8-13-10/h3-4,9,11H,1-2,5-8H2/t9-,10?/m0/s1. The summed E-state index contributed by atoms with van der Waals surface area (Å²) in [5.41, 5.74) is 0. The van der Waals surface area contributed by atoms with E-state index in [9.17, 15) is 5.11 Å². The van der Waals surface area contributed by atoms with E-state index in [1.54, 1.807) is 6.08 Å². The Labute approximate surface area is 78.7 Å². The average molecular weight is 184 g/mol. The number of ether oxygens (including phenoxy) is 2. The van der Waals surface area contributed by atoms with Gasteiger partial charge in [-0.1, -0.05) is 12.2 Å². The van der Waals surface area contributed by atoms with Crippen molar-refractivity contribution in [1.29, 1.82) is 0 Å². The van der Waals surface area contributed by atoms with Crippen molar-refractivity contribution in [3.63, 3.8) is 0 Å². The van der Waals surface area contributed by atoms with Crippen molar-refractivity contribution in [2.45, 2.75) is 24.7 Å². The minimum atomic E-state index is -0.879. The van der Waals surface area contributed by atoms with Crippen LogP contribution < -0.4 is 0 Å². The van der Waals surface area contributed by atoms with Crippen LogP contribution in [0.1, 0.15) is 12.8 Å². The summed E-state index contributed by atoms with van der Waals surface area (Å²) in [6, 6.07) is 0. The van der Waals surface area contributed by atoms with E-state index in [2.05, 4.69) is 13.2 Å². The van der Waals surface area contributed by atoms with Gasteiger partial charge < -0.3 is 14.6 Å². The molecule has 1 N–H and O–H groups in total. The van der Waals surface area contributed by atoms with Gasteiger partial charge in [0.2, 0.25) is 0 Å². The molecule has 1 aliphatic heterocycles. The van der Waals surface area contributed by atoms with Gasteiger partial charge in [0.1, 0.15) is 6.10 Å². The Morgan fingerprint density at radius 1 is 1.62 bits per heavy atom. The van der Waals surface area contributed by atoms with Gasteiger partial charge >= 0.3 is 0 Å². The molecule has 1 heterocycles. The van der Waals surface area contributed by atoms with Crippen LogP contribution in [0.5, 0.6) is 0 Å². The molecule has 74 valence electrons. The summed E-state index contributed by atoms with van der Waals surface area (Å²) in [4.78, 5) is 0. The first-order valence-corrected chi connectivity index (χ1v) is 4.44. The normalized spacial score (nSPS) is 29.9. The third-order valence-corrected chi connectivity index (χ3v) is 2.14. The zero-order chi connectivity index (χ0) is 9.73. The maximum atomic E-state index is 9.63. The highest BCUT2D eigenvalue weighted by Gasteiger charge is 2.41. The molecule has 0 aromatic heterocycles. The van der Waals surface area contributed by atoms with Crippen molar-refractivity contribution in [3.8, 4) is 0 Å². The van der Waals surface area contributed by atoms with Crippen LogP contribution >= 0.6 is 0 Å². The molecule has 0 bridgehead atoms. The average Bonchev–Trinajstić information content (AvgIpc) is 2.63. The predicted molar refractivity (Wildman–Crippen MR) is 50.3 cm³/mol. The van der Waals surface area contributed by atoms with Crippen LogP contribution in [0, 0.1) is 0 Å². The van der Waals surface area contributed by atoms with Gasteiger partial charge in [-0.15, -0.1) is 13.2 Å². The minimum Gasteiger partial charge on any atom is -0.383 e. The molecule has 3 heteroatoms. The number of hydrogen-bond acceptors (Lipinski definition) is 3. The molecular weight excluding hydrogens is 168 g/mol. The highest BCUT2D eigenvalue weighted by Crippen LogP contribution is 2.31. The first-order valence-electron chi connectivity index (χ1n) is 4.44. The molecule has 0 radical (unpaired) electrons. The van der Waals surface area contributed by atoms with Gasteiger partial charge in [-0.3, -0.25) is 0 Å². The van der Waals surface area contributed by atoms with Crippen molar-refractivity contribution in [2.75, 3.05) is 13.2 Å². The van der Waals surface area contributed by atoms with Crippen LogP contribution in [0.4, 0.5) is 0 Å². The first kappa shape index (κ1) is 10.4. The fourth-order valence-electron chi connectivity index (χ4n) is 1.45. The Hall–Kier alpha value is -0.640. The van der Waals surface area contributed by atoms with Gasteiger partial charge in [-0.05, 0) is 6.42 Å². The molecular formula is C10H16O3. The molecule has 2 atom stereocenters. The Morgan fingerprint density at radius 2 is 2.38 bits per heavy atom.